The van der Waals surface area contributed by atoms with Crippen molar-refractivity contribution in [3.8, 4) is 0 Å². The van der Waals surface area contributed by atoms with Crippen LogP contribution in [0.1, 0.15) is 0 Å². The molecular weight excluding hydrogens is 570 g/mol. The van der Waals surface area contributed by atoms with Crippen molar-refractivity contribution in [2.75, 3.05) is 17.7 Å². The van der Waals surface area contributed by atoms with Crippen LogP contribution in [-0.2, 0) is 34.5 Å². The van der Waals surface area contributed by atoms with E-state index in [9.17, 15) is 29.8 Å². The van der Waals surface area contributed by atoms with E-state index in [1.54, 1.807) is 42.5 Å². The van der Waals surface area contributed by atoms with Crippen molar-refractivity contribution in [2.45, 2.75) is 9.79 Å². The fourth-order valence-corrected chi connectivity index (χ4v) is 5.84. The fraction of sp³-hybridized carbons (Fsp3) is 0.0833. The van der Waals surface area contributed by atoms with Crippen LogP contribution in [0, 0.1) is 0 Å². The number of sulfone groups is 1. The molecule has 0 fully saturated rings. The first kappa shape index (κ1) is 28.3. The number of rotatable bonds is 10. The molecule has 0 aliphatic heterocycles. The van der Waals surface area contributed by atoms with Crippen molar-refractivity contribution < 1.29 is 38.5 Å². The third-order valence-electron chi connectivity index (χ3n) is 5.36. The topological polar surface area (TPSA) is 189 Å². The zero-order valence-corrected chi connectivity index (χ0v) is 22.3. The normalized spacial score (nSPS) is 12.7. The minimum absolute atomic E-state index is 0.129. The van der Waals surface area contributed by atoms with Crippen molar-refractivity contribution in [1.29, 1.82) is 0 Å². The molecule has 0 saturated carbocycles. The first-order valence-corrected chi connectivity index (χ1v) is 15.5. The average molecular weight is 592 g/mol. The molecule has 4 aromatic carbocycles. The van der Waals surface area contributed by atoms with Gasteiger partial charge in [-0.25, -0.2) is 12.6 Å². The van der Waals surface area contributed by atoms with Gasteiger partial charge in [-0.1, -0.05) is 36.4 Å². The molecule has 4 aromatic rings. The Hall–Kier alpha value is -3.73. The number of benzene rings is 4. The first-order valence-electron chi connectivity index (χ1n) is 11.1. The van der Waals surface area contributed by atoms with Crippen molar-refractivity contribution in [3.63, 3.8) is 0 Å². The van der Waals surface area contributed by atoms with Gasteiger partial charge in [0.1, 0.15) is 10.6 Å². The van der Waals surface area contributed by atoms with Crippen LogP contribution in [0.5, 0.6) is 0 Å². The largest absolute Gasteiger partial charge is 0.397 e. The lowest BCUT2D eigenvalue weighted by Gasteiger charge is -2.14. The average Bonchev–Trinajstić information content (AvgIpc) is 2.87. The maximum Gasteiger partial charge on any atom is 0.397 e. The van der Waals surface area contributed by atoms with Crippen LogP contribution in [0.4, 0.5) is 22.7 Å². The molecule has 0 spiro atoms. The van der Waals surface area contributed by atoms with E-state index in [0.29, 0.717) is 11.1 Å². The van der Waals surface area contributed by atoms with Gasteiger partial charge < -0.3 is 5.32 Å². The minimum Gasteiger partial charge on any atom is -0.353 e. The highest BCUT2D eigenvalue weighted by molar-refractivity contribution is 7.91. The second kappa shape index (κ2) is 11.2. The zero-order chi connectivity index (χ0) is 28.3. The van der Waals surface area contributed by atoms with Gasteiger partial charge in [0.05, 0.1) is 28.6 Å². The number of nitrogens with zero attached hydrogens (tertiary/aromatic N) is 2. The molecule has 0 atom stereocenters. The molecule has 12 nitrogen and oxygen atoms in total. The summed E-state index contributed by atoms with van der Waals surface area (Å²) in [5, 5.41) is 12.2. The summed E-state index contributed by atoms with van der Waals surface area (Å²) in [6.07, 6.45) is 0. The van der Waals surface area contributed by atoms with E-state index in [4.69, 9.17) is 4.55 Å². The molecule has 0 aromatic heterocycles. The first-order chi connectivity index (χ1) is 18.3. The Morgan fingerprint density at radius 1 is 0.744 bits per heavy atom. The van der Waals surface area contributed by atoms with Crippen LogP contribution in [0.2, 0.25) is 0 Å². The van der Waals surface area contributed by atoms with Crippen molar-refractivity contribution in [2.24, 2.45) is 10.2 Å². The van der Waals surface area contributed by atoms with Gasteiger partial charge in [0.15, 0.2) is 9.84 Å². The predicted octanol–water partition coefficient (Wildman–Crippen LogP) is 4.84. The molecule has 0 radical (unpaired) electrons. The molecule has 0 amide bonds. The Kier molecular flexibility index (Phi) is 8.10. The number of azo groups is 1. The second-order valence-corrected chi connectivity index (χ2v) is 12.6. The Morgan fingerprint density at radius 2 is 1.44 bits per heavy atom. The lowest BCUT2D eigenvalue weighted by atomic mass is 10.1. The lowest BCUT2D eigenvalue weighted by molar-refractivity contribution is 0.284. The van der Waals surface area contributed by atoms with E-state index in [0.717, 1.165) is 0 Å². The van der Waals surface area contributed by atoms with Crippen LogP contribution < -0.4 is 5.32 Å². The van der Waals surface area contributed by atoms with Gasteiger partial charge >= 0.3 is 10.4 Å². The summed E-state index contributed by atoms with van der Waals surface area (Å²) in [5.74, 6) is -0.685. The molecule has 4 rings (SSSR count). The maximum absolute atomic E-state index is 12.4. The number of hydrogen-bond acceptors (Lipinski definition) is 10. The highest BCUT2D eigenvalue weighted by atomic mass is 32.3. The van der Waals surface area contributed by atoms with Gasteiger partial charge in [0.2, 0.25) is 0 Å². The van der Waals surface area contributed by atoms with Gasteiger partial charge in [-0.2, -0.15) is 21.9 Å². The third kappa shape index (κ3) is 7.23. The summed E-state index contributed by atoms with van der Waals surface area (Å²) in [4.78, 5) is -0.446. The van der Waals surface area contributed by atoms with E-state index >= 15 is 0 Å². The number of hydrogen-bond donors (Lipinski definition) is 3. The van der Waals surface area contributed by atoms with Gasteiger partial charge in [-0.15, -0.1) is 5.11 Å². The van der Waals surface area contributed by atoms with E-state index in [-0.39, 0.29) is 32.2 Å². The Morgan fingerprint density at radius 3 is 2.08 bits per heavy atom. The Balaban J connectivity index is 1.69. The monoisotopic (exact) mass is 591 g/mol. The van der Waals surface area contributed by atoms with Crippen molar-refractivity contribution >= 4 is 63.9 Å². The summed E-state index contributed by atoms with van der Waals surface area (Å²) in [6, 6.07) is 21.8. The molecule has 0 unspecified atom stereocenters. The summed E-state index contributed by atoms with van der Waals surface area (Å²) in [5.41, 5.74) is 1.39. The molecule has 0 bridgehead atoms. The highest BCUT2D eigenvalue weighted by Crippen LogP contribution is 2.40. The van der Waals surface area contributed by atoms with Gasteiger partial charge in [-0.05, 0) is 53.9 Å². The highest BCUT2D eigenvalue weighted by Gasteiger charge is 2.20. The number of anilines is 2. The smallest absolute Gasteiger partial charge is 0.353 e. The molecule has 39 heavy (non-hydrogen) atoms. The Bertz CT molecular complexity index is 1860. The van der Waals surface area contributed by atoms with E-state index < -0.39 is 42.7 Å². The van der Waals surface area contributed by atoms with Crippen LogP contribution in [0.3, 0.4) is 0 Å². The molecule has 0 saturated heterocycles. The minimum atomic E-state index is -4.76. The Labute approximate surface area is 224 Å². The van der Waals surface area contributed by atoms with Crippen LogP contribution in [0.15, 0.2) is 105 Å². The summed E-state index contributed by atoms with van der Waals surface area (Å²) in [6.45, 7) is -0.757. The number of para-hydroxylation sites is 1. The van der Waals surface area contributed by atoms with Crippen LogP contribution in [-0.4, -0.2) is 46.7 Å². The van der Waals surface area contributed by atoms with E-state index in [2.05, 4.69) is 19.7 Å². The van der Waals surface area contributed by atoms with Gasteiger partial charge in [0.25, 0.3) is 10.1 Å². The number of fused-ring (bicyclic) bond motifs is 1. The van der Waals surface area contributed by atoms with E-state index in [1.165, 1.54) is 36.4 Å². The van der Waals surface area contributed by atoms with Crippen molar-refractivity contribution in [1.82, 2.24) is 0 Å². The van der Waals surface area contributed by atoms with E-state index in [1.807, 2.05) is 6.07 Å². The van der Waals surface area contributed by atoms with Crippen molar-refractivity contribution in [3.05, 3.63) is 84.9 Å². The zero-order valence-electron chi connectivity index (χ0n) is 19.9. The molecule has 204 valence electrons. The molecule has 0 aliphatic carbocycles. The third-order valence-corrected chi connectivity index (χ3v) is 8.41. The fourth-order valence-electron chi connectivity index (χ4n) is 3.62. The van der Waals surface area contributed by atoms with Crippen LogP contribution in [0.25, 0.3) is 10.8 Å². The number of nitrogens with one attached hydrogen (secondary N) is 1. The van der Waals surface area contributed by atoms with Gasteiger partial charge in [-0.3, -0.25) is 9.11 Å². The molecule has 0 heterocycles. The standard InChI is InChI=1S/C24H21N3O9S3/c28-37(29,16-15-36-39(33,34)35)20-12-10-19(11-13-20)26-27-21-14-9-17-5-4-8-22(38(30,31)32)23(17)24(21)25-18-6-2-1-3-7-18/h1-14,25H,15-16H2,(H,30,31,32)(H,33,34,35). The SMILES string of the molecule is O=S(=O)(O)OCCS(=O)(=O)c1ccc(N=Nc2ccc3cccc(S(=O)(=O)O)c3c2Nc2ccccc2)cc1. The molecule has 0 aliphatic rings. The second-order valence-electron chi connectivity index (χ2n) is 8.04. The summed E-state index contributed by atoms with van der Waals surface area (Å²) < 4.78 is 92.8. The van der Waals surface area contributed by atoms with Crippen LogP contribution >= 0.6 is 0 Å². The predicted molar refractivity (Wildman–Crippen MR) is 144 cm³/mol. The summed E-state index contributed by atoms with van der Waals surface area (Å²) >= 11 is 0. The molecule has 3 N–H and O–H groups in total. The quantitative estimate of drug-likeness (QED) is 0.170. The molecule has 15 heteroatoms. The van der Waals surface area contributed by atoms with Gasteiger partial charge in [0, 0.05) is 11.1 Å². The lowest BCUT2D eigenvalue weighted by Crippen LogP contribution is -2.15. The molecular formula is C24H21N3O9S3. The maximum atomic E-state index is 12.4. The summed E-state index contributed by atoms with van der Waals surface area (Å²) in [7, 11) is -13.3.